The van der Waals surface area contributed by atoms with E-state index in [-0.39, 0.29) is 23.8 Å². The molecular weight excluding hydrogens is 458 g/mol. The van der Waals surface area contributed by atoms with Crippen molar-refractivity contribution < 1.29 is 14.4 Å². The summed E-state index contributed by atoms with van der Waals surface area (Å²) in [5.74, 6) is 0.898. The Morgan fingerprint density at radius 1 is 0.914 bits per heavy atom. The van der Waals surface area contributed by atoms with Crippen LogP contribution in [0.4, 0.5) is 0 Å². The van der Waals surface area contributed by atoms with E-state index in [1.807, 2.05) is 72.8 Å². The molecule has 35 heavy (non-hydrogen) atoms. The molecule has 0 spiro atoms. The number of nitrogens with one attached hydrogen (secondary N) is 2. The lowest BCUT2D eigenvalue weighted by atomic mass is 10.0. The molecule has 0 saturated carbocycles. The van der Waals surface area contributed by atoms with Gasteiger partial charge in [0.2, 0.25) is 11.8 Å². The van der Waals surface area contributed by atoms with Crippen LogP contribution in [0, 0.1) is 0 Å². The number of carbonyl (C=O) groups is 3. The third-order valence-corrected chi connectivity index (χ3v) is 7.59. The largest absolute Gasteiger partial charge is 0.347 e. The van der Waals surface area contributed by atoms with Gasteiger partial charge in [0.05, 0.1) is 0 Å². The fourth-order valence-electron chi connectivity index (χ4n) is 4.66. The van der Waals surface area contributed by atoms with Crippen molar-refractivity contribution in [3.05, 3.63) is 96.1 Å². The molecule has 3 aromatic rings. The van der Waals surface area contributed by atoms with Gasteiger partial charge in [0.25, 0.3) is 5.91 Å². The molecule has 2 saturated heterocycles. The van der Waals surface area contributed by atoms with Gasteiger partial charge in [0.15, 0.2) is 0 Å². The van der Waals surface area contributed by atoms with Gasteiger partial charge in [0.1, 0.15) is 12.1 Å². The molecule has 5 rings (SSSR count). The van der Waals surface area contributed by atoms with Crippen molar-refractivity contribution in [1.82, 2.24) is 15.5 Å². The Kier molecular flexibility index (Phi) is 6.86. The van der Waals surface area contributed by atoms with Crippen LogP contribution < -0.4 is 10.6 Å². The molecule has 3 atom stereocenters. The van der Waals surface area contributed by atoms with E-state index in [9.17, 15) is 14.4 Å². The van der Waals surface area contributed by atoms with Crippen LogP contribution in [0.15, 0.2) is 84.9 Å². The maximum atomic E-state index is 13.1. The minimum absolute atomic E-state index is 0.0703. The van der Waals surface area contributed by atoms with Crippen LogP contribution in [0.25, 0.3) is 11.1 Å². The summed E-state index contributed by atoms with van der Waals surface area (Å²) in [5, 5.41) is 5.90. The molecule has 2 N–H and O–H groups in total. The molecule has 0 aromatic heterocycles. The Balaban J connectivity index is 1.16. The molecule has 2 heterocycles. The van der Waals surface area contributed by atoms with Crippen LogP contribution in [0.1, 0.15) is 22.3 Å². The van der Waals surface area contributed by atoms with E-state index in [0.29, 0.717) is 24.3 Å². The van der Waals surface area contributed by atoms with Gasteiger partial charge in [-0.15, -0.1) is 0 Å². The van der Waals surface area contributed by atoms with E-state index in [2.05, 4.69) is 10.6 Å². The topological polar surface area (TPSA) is 78.5 Å². The maximum Gasteiger partial charge on any atom is 0.251 e. The zero-order valence-electron chi connectivity index (χ0n) is 19.2. The highest BCUT2D eigenvalue weighted by atomic mass is 32.2. The van der Waals surface area contributed by atoms with E-state index in [1.54, 1.807) is 28.8 Å². The summed E-state index contributed by atoms with van der Waals surface area (Å²) >= 11 is 1.63. The predicted octanol–water partition coefficient (Wildman–Crippen LogP) is 3.48. The number of nitrogens with zero attached hydrogens (tertiary/aromatic N) is 1. The number of hydrogen-bond acceptors (Lipinski definition) is 4. The summed E-state index contributed by atoms with van der Waals surface area (Å²) in [5.41, 5.74) is 3.87. The molecule has 3 aromatic carbocycles. The van der Waals surface area contributed by atoms with Gasteiger partial charge >= 0.3 is 0 Å². The van der Waals surface area contributed by atoms with Crippen molar-refractivity contribution in [3.8, 4) is 11.1 Å². The third kappa shape index (κ3) is 5.25. The summed E-state index contributed by atoms with van der Waals surface area (Å²) in [6.45, 7) is 0.352. The van der Waals surface area contributed by atoms with Crippen molar-refractivity contribution in [2.75, 3.05) is 12.3 Å². The Hall–Kier alpha value is -3.58. The van der Waals surface area contributed by atoms with Crippen molar-refractivity contribution in [2.24, 2.45) is 0 Å². The van der Waals surface area contributed by atoms with Crippen LogP contribution in [0.3, 0.4) is 0 Å². The molecule has 7 heteroatoms. The quantitative estimate of drug-likeness (QED) is 0.537. The average molecular weight is 486 g/mol. The number of thioether (sulfide) groups is 1. The minimum Gasteiger partial charge on any atom is -0.347 e. The van der Waals surface area contributed by atoms with Crippen molar-refractivity contribution in [3.63, 3.8) is 0 Å². The molecule has 0 unspecified atom stereocenters. The van der Waals surface area contributed by atoms with Gasteiger partial charge in [-0.05, 0) is 35.2 Å². The van der Waals surface area contributed by atoms with Crippen LogP contribution in [-0.2, 0) is 15.3 Å². The second-order valence-electron chi connectivity index (χ2n) is 8.92. The SMILES string of the molecule is O=C(N[C@H]1C[C@H]2C(=O)N[C@@H](CSCc3ccccc3)C(=O)N2C1)c1ccc(-c2ccccc2)cc1. The van der Waals surface area contributed by atoms with Crippen LogP contribution in [0.2, 0.25) is 0 Å². The fraction of sp³-hybridized carbons (Fsp3) is 0.250. The number of carbonyl (C=O) groups excluding carboxylic acids is 3. The van der Waals surface area contributed by atoms with Gasteiger partial charge in [-0.25, -0.2) is 0 Å². The summed E-state index contributed by atoms with van der Waals surface area (Å²) in [7, 11) is 0. The Morgan fingerprint density at radius 3 is 2.29 bits per heavy atom. The van der Waals surface area contributed by atoms with Crippen LogP contribution in [-0.4, -0.2) is 53.0 Å². The third-order valence-electron chi connectivity index (χ3n) is 6.49. The number of rotatable bonds is 7. The van der Waals surface area contributed by atoms with E-state index < -0.39 is 12.1 Å². The number of benzene rings is 3. The van der Waals surface area contributed by atoms with E-state index >= 15 is 0 Å². The first-order chi connectivity index (χ1) is 17.1. The van der Waals surface area contributed by atoms with Gasteiger partial charge in [0, 0.05) is 29.7 Å². The number of hydrogen-bond donors (Lipinski definition) is 2. The lowest BCUT2D eigenvalue weighted by Gasteiger charge is -2.34. The molecule has 2 fully saturated rings. The first-order valence-corrected chi connectivity index (χ1v) is 12.9. The zero-order chi connectivity index (χ0) is 24.2. The van der Waals surface area contributed by atoms with E-state index in [0.717, 1.165) is 16.9 Å². The van der Waals surface area contributed by atoms with Gasteiger partial charge in [-0.2, -0.15) is 11.8 Å². The Bertz CT molecular complexity index is 1200. The Labute approximate surface area is 209 Å². The second kappa shape index (κ2) is 10.4. The van der Waals surface area contributed by atoms with Gasteiger partial charge < -0.3 is 15.5 Å². The van der Waals surface area contributed by atoms with Crippen molar-refractivity contribution in [1.29, 1.82) is 0 Å². The highest BCUT2D eigenvalue weighted by molar-refractivity contribution is 7.98. The molecule has 2 aliphatic rings. The van der Waals surface area contributed by atoms with Crippen molar-refractivity contribution in [2.45, 2.75) is 30.3 Å². The molecule has 0 aliphatic carbocycles. The van der Waals surface area contributed by atoms with E-state index in [1.165, 1.54) is 5.56 Å². The zero-order valence-corrected chi connectivity index (χ0v) is 20.0. The highest BCUT2D eigenvalue weighted by Gasteiger charge is 2.46. The summed E-state index contributed by atoms with van der Waals surface area (Å²) < 4.78 is 0. The standard InChI is InChI=1S/C28H27N3O3S/c32-26(22-13-11-21(12-14-22)20-9-5-2-6-10-20)29-23-15-25-27(33)30-24(28(34)31(25)16-23)18-35-17-19-7-3-1-4-8-19/h1-14,23-25H,15-18H2,(H,29,32)(H,30,33)/t23-,24-,25-/m0/s1. The molecule has 0 bridgehead atoms. The van der Waals surface area contributed by atoms with Gasteiger partial charge in [-0.3, -0.25) is 14.4 Å². The van der Waals surface area contributed by atoms with Crippen LogP contribution >= 0.6 is 11.8 Å². The predicted molar refractivity (Wildman–Crippen MR) is 138 cm³/mol. The smallest absolute Gasteiger partial charge is 0.251 e. The number of fused-ring (bicyclic) bond motifs is 1. The van der Waals surface area contributed by atoms with Crippen LogP contribution in [0.5, 0.6) is 0 Å². The number of piperazine rings is 1. The number of amides is 3. The average Bonchev–Trinajstić information content (AvgIpc) is 3.33. The molecule has 3 amide bonds. The normalized spacial score (nSPS) is 21.4. The summed E-state index contributed by atoms with van der Waals surface area (Å²) in [6.07, 6.45) is 0.426. The fourth-order valence-corrected chi connectivity index (χ4v) is 5.67. The molecular formula is C28H27N3O3S. The second-order valence-corrected chi connectivity index (χ2v) is 9.95. The summed E-state index contributed by atoms with van der Waals surface area (Å²) in [4.78, 5) is 40.2. The van der Waals surface area contributed by atoms with Crippen molar-refractivity contribution >= 4 is 29.5 Å². The summed E-state index contributed by atoms with van der Waals surface area (Å²) in [6, 6.07) is 26.2. The van der Waals surface area contributed by atoms with Gasteiger partial charge in [-0.1, -0.05) is 72.8 Å². The monoisotopic (exact) mass is 485 g/mol. The lowest BCUT2D eigenvalue weighted by Crippen LogP contribution is -2.61. The first-order valence-electron chi connectivity index (χ1n) is 11.8. The minimum atomic E-state index is -0.535. The molecule has 178 valence electrons. The molecule has 2 aliphatic heterocycles. The Morgan fingerprint density at radius 2 is 1.57 bits per heavy atom. The van der Waals surface area contributed by atoms with E-state index in [4.69, 9.17) is 0 Å². The molecule has 0 radical (unpaired) electrons. The first kappa shape index (κ1) is 23.2. The lowest BCUT2D eigenvalue weighted by molar-refractivity contribution is -0.146. The highest BCUT2D eigenvalue weighted by Crippen LogP contribution is 2.25. The maximum absolute atomic E-state index is 13.1. The molecule has 6 nitrogen and oxygen atoms in total.